The number of nitrogens with one attached hydrogen (secondary N) is 2. The summed E-state index contributed by atoms with van der Waals surface area (Å²) >= 11 is 0. The van der Waals surface area contributed by atoms with Crippen LogP contribution in [0.25, 0.3) is 17.1 Å². The van der Waals surface area contributed by atoms with E-state index in [4.69, 9.17) is 0 Å². The summed E-state index contributed by atoms with van der Waals surface area (Å²) in [7, 11) is 2.06. The van der Waals surface area contributed by atoms with E-state index in [0.29, 0.717) is 29.2 Å². The average Bonchev–Trinajstić information content (AvgIpc) is 3.22. The molecule has 1 aliphatic rings. The van der Waals surface area contributed by atoms with Crippen LogP contribution < -0.4 is 15.8 Å². The lowest BCUT2D eigenvalue weighted by atomic mass is 9.99. The van der Waals surface area contributed by atoms with Gasteiger partial charge in [0.2, 0.25) is 0 Å². The van der Waals surface area contributed by atoms with Crippen molar-refractivity contribution >= 4 is 5.82 Å². The Bertz CT molecular complexity index is 949. The first kappa shape index (κ1) is 17.4. The Morgan fingerprint density at radius 3 is 2.78 bits per heavy atom. The second-order valence-corrected chi connectivity index (χ2v) is 6.96. The number of H-pyrrole nitrogens is 1. The molecule has 8 heteroatoms. The van der Waals surface area contributed by atoms with Crippen LogP contribution in [0.4, 0.5) is 5.82 Å². The molecule has 0 spiro atoms. The third-order valence-electron chi connectivity index (χ3n) is 5.07. The van der Waals surface area contributed by atoms with Crippen molar-refractivity contribution in [3.05, 3.63) is 53.1 Å². The molecule has 140 valence electrons. The summed E-state index contributed by atoms with van der Waals surface area (Å²) in [5.74, 6) is 0.841. The van der Waals surface area contributed by atoms with E-state index < -0.39 is 0 Å². The van der Waals surface area contributed by atoms with Gasteiger partial charge in [-0.3, -0.25) is 4.79 Å². The van der Waals surface area contributed by atoms with Crippen molar-refractivity contribution in [3.63, 3.8) is 0 Å². The first-order valence-electron chi connectivity index (χ1n) is 9.15. The van der Waals surface area contributed by atoms with Gasteiger partial charge < -0.3 is 15.2 Å². The van der Waals surface area contributed by atoms with E-state index in [0.717, 1.165) is 25.2 Å². The summed E-state index contributed by atoms with van der Waals surface area (Å²) in [6.45, 7) is 3.23. The molecule has 0 bridgehead atoms. The minimum Gasteiger partial charge on any atom is -0.355 e. The van der Waals surface area contributed by atoms with E-state index in [-0.39, 0.29) is 5.56 Å². The number of aromatic amines is 1. The Kier molecular flexibility index (Phi) is 4.72. The molecule has 0 radical (unpaired) electrons. The predicted octanol–water partition coefficient (Wildman–Crippen LogP) is 1.59. The van der Waals surface area contributed by atoms with Crippen LogP contribution in [0.1, 0.15) is 19.8 Å². The molecule has 1 saturated heterocycles. The molecule has 0 saturated carbocycles. The maximum atomic E-state index is 12.3. The van der Waals surface area contributed by atoms with Crippen molar-refractivity contribution in [2.75, 3.05) is 18.5 Å². The Balaban J connectivity index is 1.54. The highest BCUT2D eigenvalue weighted by atomic mass is 16.1. The second-order valence-electron chi connectivity index (χ2n) is 6.96. The normalized spacial score (nSPS) is 19.8. The van der Waals surface area contributed by atoms with Crippen molar-refractivity contribution in [3.8, 4) is 17.1 Å². The number of anilines is 1. The van der Waals surface area contributed by atoms with E-state index in [1.165, 1.54) is 4.68 Å². The van der Waals surface area contributed by atoms with Crippen molar-refractivity contribution < 1.29 is 0 Å². The van der Waals surface area contributed by atoms with Crippen LogP contribution >= 0.6 is 0 Å². The van der Waals surface area contributed by atoms with E-state index in [9.17, 15) is 4.79 Å². The highest BCUT2D eigenvalue weighted by Gasteiger charge is 2.23. The molecule has 3 aromatic heterocycles. The summed E-state index contributed by atoms with van der Waals surface area (Å²) in [5.41, 5.74) is 1.51. The molecule has 0 aromatic carbocycles. The zero-order chi connectivity index (χ0) is 18.8. The molecule has 4 heterocycles. The smallest absolute Gasteiger partial charge is 0.274 e. The molecule has 2 N–H and O–H groups in total. The van der Waals surface area contributed by atoms with Gasteiger partial charge in [0.15, 0.2) is 5.82 Å². The molecule has 0 amide bonds. The number of rotatable bonds is 4. The largest absolute Gasteiger partial charge is 0.355 e. The SMILES string of the molecule is C[C@H]1C[C@@H](N(C)c2ccc(-c3ccc(-n4cccn4)c(=O)[nH]3)nn2)CCN1. The first-order chi connectivity index (χ1) is 13.1. The van der Waals surface area contributed by atoms with Crippen LogP contribution in [0.15, 0.2) is 47.5 Å². The van der Waals surface area contributed by atoms with Gasteiger partial charge >= 0.3 is 0 Å². The highest BCUT2D eigenvalue weighted by Crippen LogP contribution is 2.21. The monoisotopic (exact) mass is 365 g/mol. The lowest BCUT2D eigenvalue weighted by Crippen LogP contribution is -2.45. The molecule has 2 atom stereocenters. The molecule has 0 unspecified atom stereocenters. The summed E-state index contributed by atoms with van der Waals surface area (Å²) in [6.07, 6.45) is 5.54. The summed E-state index contributed by atoms with van der Waals surface area (Å²) in [6, 6.07) is 10.1. The minimum atomic E-state index is -0.220. The fraction of sp³-hybridized carbons (Fsp3) is 0.368. The van der Waals surface area contributed by atoms with Crippen molar-refractivity contribution in [1.29, 1.82) is 0 Å². The Morgan fingerprint density at radius 2 is 2.11 bits per heavy atom. The second kappa shape index (κ2) is 7.32. The van der Waals surface area contributed by atoms with Crippen LogP contribution in [0.5, 0.6) is 0 Å². The molecular weight excluding hydrogens is 342 g/mol. The maximum absolute atomic E-state index is 12.3. The van der Waals surface area contributed by atoms with Gasteiger partial charge in [0.25, 0.3) is 5.56 Å². The van der Waals surface area contributed by atoms with E-state index >= 15 is 0 Å². The number of aromatic nitrogens is 5. The predicted molar refractivity (Wildman–Crippen MR) is 104 cm³/mol. The van der Waals surface area contributed by atoms with Crippen LogP contribution in [0.3, 0.4) is 0 Å². The van der Waals surface area contributed by atoms with Gasteiger partial charge in [0.05, 0.1) is 5.69 Å². The molecule has 3 aromatic rings. The number of piperidine rings is 1. The van der Waals surface area contributed by atoms with Crippen molar-refractivity contribution in [2.45, 2.75) is 31.8 Å². The van der Waals surface area contributed by atoms with E-state index in [1.807, 2.05) is 18.2 Å². The quantitative estimate of drug-likeness (QED) is 0.730. The molecule has 1 aliphatic heterocycles. The lowest BCUT2D eigenvalue weighted by molar-refractivity contribution is 0.370. The summed E-state index contributed by atoms with van der Waals surface area (Å²) in [4.78, 5) is 17.4. The number of hydrogen-bond donors (Lipinski definition) is 2. The van der Waals surface area contributed by atoms with Gasteiger partial charge in [0, 0.05) is 31.5 Å². The third kappa shape index (κ3) is 3.61. The Hall–Kier alpha value is -3.00. The zero-order valence-corrected chi connectivity index (χ0v) is 15.5. The Morgan fingerprint density at radius 1 is 1.22 bits per heavy atom. The van der Waals surface area contributed by atoms with Gasteiger partial charge in [-0.2, -0.15) is 5.10 Å². The maximum Gasteiger partial charge on any atom is 0.274 e. The van der Waals surface area contributed by atoms with E-state index in [1.54, 1.807) is 24.5 Å². The van der Waals surface area contributed by atoms with Crippen LogP contribution in [0, 0.1) is 0 Å². The molecule has 27 heavy (non-hydrogen) atoms. The standard InChI is InChI=1S/C19H23N7O/c1-13-12-14(8-10-20-13)25(2)18-7-5-16(23-24-18)15-4-6-17(19(27)22-15)26-11-3-9-21-26/h3-7,9,11,13-14,20H,8,10,12H2,1-2H3,(H,22,27)/t13-,14-/m0/s1. The van der Waals surface area contributed by atoms with E-state index in [2.05, 4.69) is 44.5 Å². The van der Waals surface area contributed by atoms with Gasteiger partial charge in [-0.05, 0) is 56.6 Å². The third-order valence-corrected chi connectivity index (χ3v) is 5.07. The first-order valence-corrected chi connectivity index (χ1v) is 9.15. The number of nitrogens with zero attached hydrogens (tertiary/aromatic N) is 5. The zero-order valence-electron chi connectivity index (χ0n) is 15.5. The minimum absolute atomic E-state index is 0.220. The average molecular weight is 365 g/mol. The fourth-order valence-electron chi connectivity index (χ4n) is 3.51. The molecular formula is C19H23N7O. The lowest BCUT2D eigenvalue weighted by Gasteiger charge is -2.35. The summed E-state index contributed by atoms with van der Waals surface area (Å²) in [5, 5.41) is 16.2. The van der Waals surface area contributed by atoms with Gasteiger partial charge in [-0.15, -0.1) is 10.2 Å². The van der Waals surface area contributed by atoms with Crippen molar-refractivity contribution in [2.24, 2.45) is 0 Å². The van der Waals surface area contributed by atoms with Gasteiger partial charge in [0.1, 0.15) is 11.4 Å². The van der Waals surface area contributed by atoms with Crippen LogP contribution in [-0.4, -0.2) is 50.6 Å². The fourth-order valence-corrected chi connectivity index (χ4v) is 3.51. The Labute approximate surface area is 157 Å². The number of pyridine rings is 1. The topological polar surface area (TPSA) is 91.7 Å². The molecule has 8 nitrogen and oxygen atoms in total. The summed E-state index contributed by atoms with van der Waals surface area (Å²) < 4.78 is 1.53. The molecule has 0 aliphatic carbocycles. The molecule has 4 rings (SSSR count). The van der Waals surface area contributed by atoms with Crippen LogP contribution in [0.2, 0.25) is 0 Å². The van der Waals surface area contributed by atoms with Gasteiger partial charge in [-0.1, -0.05) is 0 Å². The number of hydrogen-bond acceptors (Lipinski definition) is 6. The van der Waals surface area contributed by atoms with Crippen LogP contribution in [-0.2, 0) is 0 Å². The van der Waals surface area contributed by atoms with Crippen molar-refractivity contribution in [1.82, 2.24) is 30.3 Å². The molecule has 1 fully saturated rings. The highest BCUT2D eigenvalue weighted by molar-refractivity contribution is 5.56. The van der Waals surface area contributed by atoms with Gasteiger partial charge in [-0.25, -0.2) is 4.68 Å².